The van der Waals surface area contributed by atoms with E-state index in [0.29, 0.717) is 52.4 Å². The molecule has 1 saturated carbocycles. The normalized spacial score (nSPS) is 19.6. The second kappa shape index (κ2) is 10.3. The molecular weight excluding hydrogens is 549 g/mol. The Balaban J connectivity index is 1.12. The standard InChI is InChI=1S/C29H27ClFN7O3/c1-29(2,40)15-41-17-6-18(27-16(7-32)8-36-38(27)12-17)24-10-34-25(11-33-24)37-13-20-19(21(20)14-37)9-35-28(39)26-22(30)4-3-5-23(26)31/h3-6,8,10-12,19-21,40H,9,13-15H2,1-2H3,(H,35,39)/t19-,20-,21+. The molecule has 1 aliphatic heterocycles. The van der Waals surface area contributed by atoms with Crippen molar-refractivity contribution in [3.8, 4) is 23.1 Å². The van der Waals surface area contributed by atoms with Gasteiger partial charge in [0.25, 0.3) is 5.91 Å². The summed E-state index contributed by atoms with van der Waals surface area (Å²) in [5.41, 5.74) is 1.04. The van der Waals surface area contributed by atoms with Crippen LogP contribution in [0.2, 0.25) is 5.02 Å². The number of hydrogen-bond donors (Lipinski definition) is 2. The van der Waals surface area contributed by atoms with Gasteiger partial charge in [-0.15, -0.1) is 0 Å². The van der Waals surface area contributed by atoms with Crippen molar-refractivity contribution in [2.24, 2.45) is 17.8 Å². The summed E-state index contributed by atoms with van der Waals surface area (Å²) in [6.07, 6.45) is 6.52. The van der Waals surface area contributed by atoms with Gasteiger partial charge in [0, 0.05) is 25.2 Å². The minimum absolute atomic E-state index is 0.0772. The van der Waals surface area contributed by atoms with Crippen LogP contribution in [0.15, 0.2) is 49.1 Å². The van der Waals surface area contributed by atoms with Crippen LogP contribution in [0.3, 0.4) is 0 Å². The van der Waals surface area contributed by atoms with E-state index in [9.17, 15) is 19.6 Å². The van der Waals surface area contributed by atoms with E-state index in [1.165, 1.54) is 24.4 Å². The zero-order valence-corrected chi connectivity index (χ0v) is 23.1. The van der Waals surface area contributed by atoms with E-state index >= 15 is 0 Å². The van der Waals surface area contributed by atoms with Crippen LogP contribution >= 0.6 is 11.6 Å². The first kappa shape index (κ1) is 26.9. The number of ether oxygens (including phenoxy) is 1. The van der Waals surface area contributed by atoms with Crippen molar-refractivity contribution >= 4 is 28.8 Å². The average Bonchev–Trinajstić information content (AvgIpc) is 3.25. The molecule has 1 aromatic carbocycles. The summed E-state index contributed by atoms with van der Waals surface area (Å²) >= 11 is 6.01. The van der Waals surface area contributed by atoms with Gasteiger partial charge in [0.15, 0.2) is 0 Å². The number of carbonyl (C=O) groups excluding carboxylic acids is 1. The van der Waals surface area contributed by atoms with Crippen LogP contribution in [0.25, 0.3) is 16.8 Å². The number of fused-ring (bicyclic) bond motifs is 2. The number of aliphatic hydroxyl groups is 1. The van der Waals surface area contributed by atoms with E-state index in [0.717, 1.165) is 18.9 Å². The van der Waals surface area contributed by atoms with Crippen LogP contribution in [0.1, 0.15) is 29.8 Å². The molecule has 0 spiro atoms. The van der Waals surface area contributed by atoms with Gasteiger partial charge in [0.05, 0.1) is 57.7 Å². The van der Waals surface area contributed by atoms with Gasteiger partial charge in [-0.05, 0) is 49.8 Å². The van der Waals surface area contributed by atoms with Crippen molar-refractivity contribution in [3.05, 3.63) is 71.0 Å². The lowest BCUT2D eigenvalue weighted by atomic mass is 10.1. The number of nitrogens with one attached hydrogen (secondary N) is 1. The van der Waals surface area contributed by atoms with Crippen LogP contribution in [-0.4, -0.2) is 62.4 Å². The molecule has 4 aromatic rings. The Morgan fingerprint density at radius 1 is 1.27 bits per heavy atom. The zero-order valence-electron chi connectivity index (χ0n) is 22.4. The molecule has 2 N–H and O–H groups in total. The number of aromatic nitrogens is 4. The van der Waals surface area contributed by atoms with Gasteiger partial charge in [-0.25, -0.2) is 13.9 Å². The molecule has 1 amide bonds. The number of hydrogen-bond acceptors (Lipinski definition) is 8. The number of piperidine rings is 1. The van der Waals surface area contributed by atoms with Crippen LogP contribution in [0.4, 0.5) is 10.2 Å². The minimum atomic E-state index is -1.02. The lowest BCUT2D eigenvalue weighted by Gasteiger charge is -2.21. The Bertz CT molecular complexity index is 1650. The summed E-state index contributed by atoms with van der Waals surface area (Å²) in [5, 5.41) is 26.9. The number of rotatable bonds is 8. The summed E-state index contributed by atoms with van der Waals surface area (Å²) < 4.78 is 21.4. The molecular formula is C29H27ClFN7O3. The van der Waals surface area contributed by atoms with E-state index in [1.54, 1.807) is 43.0 Å². The van der Waals surface area contributed by atoms with Crippen molar-refractivity contribution in [1.29, 1.82) is 5.26 Å². The number of pyridine rings is 1. The third-order valence-electron chi connectivity index (χ3n) is 7.60. The van der Waals surface area contributed by atoms with Gasteiger partial charge in [0.2, 0.25) is 0 Å². The Kier molecular flexibility index (Phi) is 6.76. The highest BCUT2D eigenvalue weighted by Gasteiger charge is 2.55. The molecule has 2 aliphatic rings. The summed E-state index contributed by atoms with van der Waals surface area (Å²) in [4.78, 5) is 23.9. The average molecular weight is 576 g/mol. The Morgan fingerprint density at radius 2 is 2.05 bits per heavy atom. The van der Waals surface area contributed by atoms with Crippen molar-refractivity contribution < 1.29 is 19.0 Å². The highest BCUT2D eigenvalue weighted by atomic mass is 35.5. The van der Waals surface area contributed by atoms with Crippen LogP contribution < -0.4 is 15.0 Å². The number of nitriles is 1. The molecule has 4 heterocycles. The third-order valence-corrected chi connectivity index (χ3v) is 7.91. The molecule has 2 fully saturated rings. The molecule has 3 atom stereocenters. The molecule has 0 bridgehead atoms. The second-order valence-corrected chi connectivity index (χ2v) is 11.5. The quantitative estimate of drug-likeness (QED) is 0.325. The molecule has 3 aromatic heterocycles. The fraction of sp³-hybridized carbons (Fsp3) is 0.345. The maximum Gasteiger partial charge on any atom is 0.255 e. The monoisotopic (exact) mass is 575 g/mol. The van der Waals surface area contributed by atoms with Crippen molar-refractivity contribution in [2.45, 2.75) is 19.4 Å². The Labute approximate surface area is 240 Å². The maximum absolute atomic E-state index is 14.0. The zero-order chi connectivity index (χ0) is 28.9. The van der Waals surface area contributed by atoms with E-state index < -0.39 is 17.3 Å². The molecule has 1 saturated heterocycles. The topological polar surface area (TPSA) is 129 Å². The number of carbonyl (C=O) groups is 1. The summed E-state index contributed by atoms with van der Waals surface area (Å²) in [6.45, 7) is 5.41. The predicted octanol–water partition coefficient (Wildman–Crippen LogP) is 3.72. The van der Waals surface area contributed by atoms with Gasteiger partial charge in [0.1, 0.15) is 30.1 Å². The van der Waals surface area contributed by atoms with E-state index in [2.05, 4.69) is 31.4 Å². The van der Waals surface area contributed by atoms with Gasteiger partial charge >= 0.3 is 0 Å². The van der Waals surface area contributed by atoms with Gasteiger partial charge in [-0.2, -0.15) is 10.4 Å². The summed E-state index contributed by atoms with van der Waals surface area (Å²) in [5.74, 6) is 1.20. The van der Waals surface area contributed by atoms with Crippen LogP contribution in [0, 0.1) is 34.9 Å². The molecule has 10 nitrogen and oxygen atoms in total. The fourth-order valence-electron chi connectivity index (χ4n) is 5.49. The van der Waals surface area contributed by atoms with Gasteiger partial charge in [-0.3, -0.25) is 9.78 Å². The molecule has 0 radical (unpaired) electrons. The molecule has 12 heteroatoms. The lowest BCUT2D eigenvalue weighted by molar-refractivity contribution is 0.0283. The molecule has 210 valence electrons. The van der Waals surface area contributed by atoms with Crippen molar-refractivity contribution in [1.82, 2.24) is 24.9 Å². The van der Waals surface area contributed by atoms with Crippen molar-refractivity contribution in [3.63, 3.8) is 0 Å². The Hall–Kier alpha value is -4.27. The highest BCUT2D eigenvalue weighted by Crippen LogP contribution is 2.52. The smallest absolute Gasteiger partial charge is 0.255 e. The van der Waals surface area contributed by atoms with Crippen LogP contribution in [0.5, 0.6) is 5.75 Å². The van der Waals surface area contributed by atoms with Gasteiger partial charge < -0.3 is 20.1 Å². The molecule has 0 unspecified atom stereocenters. The largest absolute Gasteiger partial charge is 0.489 e. The molecule has 41 heavy (non-hydrogen) atoms. The predicted molar refractivity (Wildman–Crippen MR) is 149 cm³/mol. The summed E-state index contributed by atoms with van der Waals surface area (Å²) in [6, 6.07) is 8.13. The number of amides is 1. The second-order valence-electron chi connectivity index (χ2n) is 11.1. The molecule has 1 aliphatic carbocycles. The first-order chi connectivity index (χ1) is 19.6. The van der Waals surface area contributed by atoms with E-state index in [4.69, 9.17) is 16.3 Å². The fourth-order valence-corrected chi connectivity index (χ4v) is 5.74. The molecule has 6 rings (SSSR count). The Morgan fingerprint density at radius 3 is 2.71 bits per heavy atom. The number of benzene rings is 1. The van der Waals surface area contributed by atoms with Crippen molar-refractivity contribution in [2.75, 3.05) is 31.1 Å². The SMILES string of the molecule is CC(C)(O)COc1cc(-c2cnc(N3C[C@@H]4[C@@H](CNC(=O)c5c(F)cccc5Cl)[C@@H]4C3)cn2)c2c(C#N)cnn2c1. The minimum Gasteiger partial charge on any atom is -0.489 e. The first-order valence-electron chi connectivity index (χ1n) is 13.2. The summed E-state index contributed by atoms with van der Waals surface area (Å²) in [7, 11) is 0. The van der Waals surface area contributed by atoms with Gasteiger partial charge in [-0.1, -0.05) is 17.7 Å². The third kappa shape index (κ3) is 5.28. The maximum atomic E-state index is 14.0. The lowest BCUT2D eigenvalue weighted by Crippen LogP contribution is -2.31. The van der Waals surface area contributed by atoms with Crippen LogP contribution in [-0.2, 0) is 0 Å². The van der Waals surface area contributed by atoms with E-state index in [1.807, 2.05) is 0 Å². The highest BCUT2D eigenvalue weighted by molar-refractivity contribution is 6.33. The number of anilines is 1. The first-order valence-corrected chi connectivity index (χ1v) is 13.6. The number of nitrogens with zero attached hydrogens (tertiary/aromatic N) is 6. The number of halogens is 2. The van der Waals surface area contributed by atoms with E-state index in [-0.39, 0.29) is 17.2 Å².